The second kappa shape index (κ2) is 7.37. The zero-order chi connectivity index (χ0) is 18.8. The van der Waals surface area contributed by atoms with Crippen molar-refractivity contribution < 1.29 is 0 Å². The van der Waals surface area contributed by atoms with Gasteiger partial charge in [-0.2, -0.15) is 0 Å². The Kier molecular flexibility index (Phi) is 4.78. The van der Waals surface area contributed by atoms with Gasteiger partial charge in [-0.3, -0.25) is 0 Å². The van der Waals surface area contributed by atoms with E-state index in [-0.39, 0.29) is 0 Å². The van der Waals surface area contributed by atoms with Crippen LogP contribution >= 0.6 is 0 Å². The van der Waals surface area contributed by atoms with Crippen LogP contribution in [0, 0.1) is 0 Å². The molecule has 1 heterocycles. The summed E-state index contributed by atoms with van der Waals surface area (Å²) in [6.07, 6.45) is 0. The van der Waals surface area contributed by atoms with Gasteiger partial charge in [0, 0.05) is 36.3 Å². The van der Waals surface area contributed by atoms with Crippen LogP contribution in [0.5, 0.6) is 0 Å². The van der Waals surface area contributed by atoms with E-state index < -0.39 is 0 Å². The molecule has 0 amide bonds. The number of para-hydroxylation sites is 1. The Bertz CT molecular complexity index is 1090. The van der Waals surface area contributed by atoms with Crippen molar-refractivity contribution >= 4 is 27.4 Å². The highest BCUT2D eigenvalue weighted by molar-refractivity contribution is 5.95. The summed E-state index contributed by atoms with van der Waals surface area (Å²) in [7, 11) is 4.16. The van der Waals surface area contributed by atoms with Gasteiger partial charge in [-0.05, 0) is 42.9 Å². The van der Waals surface area contributed by atoms with Gasteiger partial charge in [0.15, 0.2) is 0 Å². The van der Waals surface area contributed by atoms with Gasteiger partial charge in [0.1, 0.15) is 0 Å². The molecule has 0 aliphatic rings. The summed E-state index contributed by atoms with van der Waals surface area (Å²) in [5, 5.41) is 7.00. The van der Waals surface area contributed by atoms with Crippen LogP contribution < -0.4 is 10.2 Å². The highest BCUT2D eigenvalue weighted by Crippen LogP contribution is 2.31. The number of nitrogens with one attached hydrogen (secondary N) is 1. The molecule has 1 aromatic heterocycles. The zero-order valence-electron chi connectivity index (χ0n) is 16.1. The molecule has 1 N–H and O–H groups in total. The third-order valence-electron chi connectivity index (χ3n) is 5.19. The predicted octanol–water partition coefficient (Wildman–Crippen LogP) is 5.10. The fraction of sp³-hybridized carbons (Fsp3) is 0.208. The van der Waals surface area contributed by atoms with E-state index in [0.29, 0.717) is 6.04 Å². The minimum Gasteiger partial charge on any atom is -0.372 e. The summed E-state index contributed by atoms with van der Waals surface area (Å²) in [6.45, 7) is 3.13. The number of hydrogen-bond acceptors (Lipinski definition) is 3. The second-order valence-corrected chi connectivity index (χ2v) is 7.18. The normalized spacial score (nSPS) is 12.4. The topological polar surface area (TPSA) is 28.2 Å². The number of benzene rings is 3. The van der Waals surface area contributed by atoms with Gasteiger partial charge in [-0.25, -0.2) is 4.98 Å². The van der Waals surface area contributed by atoms with Crippen molar-refractivity contribution in [1.29, 1.82) is 0 Å². The van der Waals surface area contributed by atoms with Crippen LogP contribution in [-0.2, 0) is 0 Å². The van der Waals surface area contributed by atoms with E-state index in [9.17, 15) is 0 Å². The molecule has 3 nitrogen and oxygen atoms in total. The fourth-order valence-electron chi connectivity index (χ4n) is 3.57. The van der Waals surface area contributed by atoms with Gasteiger partial charge in [-0.1, -0.05) is 54.6 Å². The largest absolute Gasteiger partial charge is 0.372 e. The molecule has 1 atom stereocenters. The molecule has 0 saturated carbocycles. The van der Waals surface area contributed by atoms with E-state index in [0.717, 1.165) is 23.3 Å². The lowest BCUT2D eigenvalue weighted by molar-refractivity contribution is 0.605. The van der Waals surface area contributed by atoms with Gasteiger partial charge in [-0.15, -0.1) is 0 Å². The van der Waals surface area contributed by atoms with Gasteiger partial charge in [0.2, 0.25) is 0 Å². The average molecular weight is 355 g/mol. The Morgan fingerprint density at radius 1 is 0.926 bits per heavy atom. The number of likely N-dealkylation sites (N-methyl/N-ethyl adjacent to an activating group) is 2. The Hall–Kier alpha value is -2.91. The van der Waals surface area contributed by atoms with Crippen LogP contribution in [0.3, 0.4) is 0 Å². The first-order chi connectivity index (χ1) is 13.2. The molecule has 3 heteroatoms. The van der Waals surface area contributed by atoms with Crippen LogP contribution in [0.4, 0.5) is 5.69 Å². The molecule has 0 aliphatic carbocycles. The lowest BCUT2D eigenvalue weighted by atomic mass is 10.0. The maximum Gasteiger partial charge on any atom is 0.0730 e. The van der Waals surface area contributed by atoms with Crippen LogP contribution in [0.25, 0.3) is 32.9 Å². The molecule has 27 heavy (non-hydrogen) atoms. The predicted molar refractivity (Wildman–Crippen MR) is 116 cm³/mol. The summed E-state index contributed by atoms with van der Waals surface area (Å²) in [4.78, 5) is 7.27. The number of anilines is 1. The SMILES string of the molecule is CNC(C)CN(C)c1cc(-c2ccc3ccccc3c2)nc2ccccc12. The Morgan fingerprint density at radius 2 is 1.67 bits per heavy atom. The van der Waals surface area contributed by atoms with Gasteiger partial charge >= 0.3 is 0 Å². The number of pyridine rings is 1. The summed E-state index contributed by atoms with van der Waals surface area (Å²) in [5.41, 5.74) is 4.40. The molecular weight excluding hydrogens is 330 g/mol. The molecule has 0 saturated heterocycles. The van der Waals surface area contributed by atoms with Crippen molar-refractivity contribution in [2.45, 2.75) is 13.0 Å². The number of aromatic nitrogens is 1. The van der Waals surface area contributed by atoms with Crippen molar-refractivity contribution in [3.63, 3.8) is 0 Å². The number of nitrogens with zero attached hydrogens (tertiary/aromatic N) is 2. The Morgan fingerprint density at radius 3 is 2.48 bits per heavy atom. The van der Waals surface area contributed by atoms with Crippen molar-refractivity contribution in [3.05, 3.63) is 72.8 Å². The molecule has 136 valence electrons. The zero-order valence-corrected chi connectivity index (χ0v) is 16.1. The van der Waals surface area contributed by atoms with Crippen LogP contribution in [0.2, 0.25) is 0 Å². The van der Waals surface area contributed by atoms with Gasteiger partial charge in [0.05, 0.1) is 11.2 Å². The Balaban J connectivity index is 1.85. The summed E-state index contributed by atoms with van der Waals surface area (Å²) < 4.78 is 0. The van der Waals surface area contributed by atoms with Gasteiger partial charge < -0.3 is 10.2 Å². The third-order valence-corrected chi connectivity index (χ3v) is 5.19. The summed E-state index contributed by atoms with van der Waals surface area (Å²) >= 11 is 0. The standard InChI is InChI=1S/C24H25N3/c1-17(25-2)16-27(3)24-15-23(26-22-11-7-6-10-21(22)24)20-13-12-18-8-4-5-9-19(18)14-20/h4-15,17,25H,16H2,1-3H3. The Labute approximate surface area is 160 Å². The van der Waals surface area contributed by atoms with Crippen LogP contribution in [0.1, 0.15) is 6.92 Å². The van der Waals surface area contributed by atoms with E-state index in [4.69, 9.17) is 4.98 Å². The quantitative estimate of drug-likeness (QED) is 0.540. The van der Waals surface area contributed by atoms with E-state index in [2.05, 4.69) is 97.0 Å². The van der Waals surface area contributed by atoms with Gasteiger partial charge in [0.25, 0.3) is 0 Å². The first kappa shape index (κ1) is 17.5. The van der Waals surface area contributed by atoms with E-state index in [1.807, 2.05) is 7.05 Å². The van der Waals surface area contributed by atoms with Crippen molar-refractivity contribution in [2.75, 3.05) is 25.5 Å². The maximum absolute atomic E-state index is 4.95. The van der Waals surface area contributed by atoms with E-state index >= 15 is 0 Å². The molecule has 0 aliphatic heterocycles. The highest BCUT2D eigenvalue weighted by Gasteiger charge is 2.13. The lowest BCUT2D eigenvalue weighted by Gasteiger charge is -2.25. The number of rotatable bonds is 5. The van der Waals surface area contributed by atoms with Crippen molar-refractivity contribution in [1.82, 2.24) is 10.3 Å². The lowest BCUT2D eigenvalue weighted by Crippen LogP contribution is -2.35. The smallest absolute Gasteiger partial charge is 0.0730 e. The second-order valence-electron chi connectivity index (χ2n) is 7.18. The monoisotopic (exact) mass is 355 g/mol. The molecule has 4 rings (SSSR count). The fourth-order valence-corrected chi connectivity index (χ4v) is 3.57. The molecule has 3 aromatic carbocycles. The first-order valence-corrected chi connectivity index (χ1v) is 9.43. The molecule has 0 spiro atoms. The summed E-state index contributed by atoms with van der Waals surface area (Å²) in [5.74, 6) is 0. The maximum atomic E-state index is 4.95. The van der Waals surface area contributed by atoms with E-state index in [1.165, 1.54) is 21.8 Å². The molecule has 1 unspecified atom stereocenters. The van der Waals surface area contributed by atoms with Crippen molar-refractivity contribution in [2.24, 2.45) is 0 Å². The molecule has 0 bridgehead atoms. The molecular formula is C24H25N3. The van der Waals surface area contributed by atoms with Crippen LogP contribution in [-0.4, -0.2) is 31.7 Å². The molecule has 0 radical (unpaired) electrons. The average Bonchev–Trinajstić information content (AvgIpc) is 2.72. The third kappa shape index (κ3) is 3.51. The number of fused-ring (bicyclic) bond motifs is 2. The van der Waals surface area contributed by atoms with Crippen LogP contribution in [0.15, 0.2) is 72.8 Å². The minimum atomic E-state index is 0.408. The first-order valence-electron chi connectivity index (χ1n) is 9.43. The summed E-state index contributed by atoms with van der Waals surface area (Å²) in [6, 6.07) is 26.0. The minimum absolute atomic E-state index is 0.408. The molecule has 0 fully saturated rings. The number of hydrogen-bond donors (Lipinski definition) is 1. The highest BCUT2D eigenvalue weighted by atomic mass is 15.1. The molecule has 4 aromatic rings. The van der Waals surface area contributed by atoms with E-state index in [1.54, 1.807) is 0 Å². The van der Waals surface area contributed by atoms with Crippen molar-refractivity contribution in [3.8, 4) is 11.3 Å².